The number of fused-ring (bicyclic) bond motifs is 1. The van der Waals surface area contributed by atoms with E-state index in [4.69, 9.17) is 9.84 Å². The lowest BCUT2D eigenvalue weighted by Gasteiger charge is -2.19. The second-order valence-electron chi connectivity index (χ2n) is 4.64. The smallest absolute Gasteiger partial charge is 0.330 e. The molecule has 1 aromatic heterocycles. The first-order valence-corrected chi connectivity index (χ1v) is 5.41. The molecule has 0 spiro atoms. The number of aromatic nitrogens is 2. The fourth-order valence-corrected chi connectivity index (χ4v) is 2.50. The molecular formula is C10H11FN2O5. The van der Waals surface area contributed by atoms with Gasteiger partial charge in [-0.2, -0.15) is 0 Å². The van der Waals surface area contributed by atoms with Crippen LogP contribution in [0.1, 0.15) is 12.6 Å². The number of hydrogen-bond acceptors (Lipinski definition) is 5. The van der Waals surface area contributed by atoms with Crippen LogP contribution in [0.2, 0.25) is 0 Å². The second kappa shape index (κ2) is 3.28. The zero-order valence-corrected chi connectivity index (χ0v) is 9.17. The summed E-state index contributed by atoms with van der Waals surface area (Å²) in [7, 11) is 0. The number of aliphatic hydroxyl groups is 2. The molecule has 98 valence electrons. The fourth-order valence-electron chi connectivity index (χ4n) is 2.50. The van der Waals surface area contributed by atoms with E-state index in [0.29, 0.717) is 0 Å². The van der Waals surface area contributed by atoms with Crippen molar-refractivity contribution >= 4 is 0 Å². The number of nitrogens with zero attached hydrogens (tertiary/aromatic N) is 1. The van der Waals surface area contributed by atoms with E-state index in [1.165, 1.54) is 0 Å². The molecule has 4 atom stereocenters. The van der Waals surface area contributed by atoms with Gasteiger partial charge >= 0.3 is 5.69 Å². The molecule has 2 heterocycles. The van der Waals surface area contributed by atoms with Gasteiger partial charge in [-0.25, -0.2) is 9.18 Å². The molecule has 1 aliphatic heterocycles. The third kappa shape index (κ3) is 1.22. The highest BCUT2D eigenvalue weighted by Gasteiger charge is 2.82. The third-order valence-electron chi connectivity index (χ3n) is 3.61. The predicted octanol–water partition coefficient (Wildman–Crippen LogP) is -1.73. The van der Waals surface area contributed by atoms with Crippen LogP contribution in [0.5, 0.6) is 0 Å². The van der Waals surface area contributed by atoms with Crippen LogP contribution in [-0.4, -0.2) is 43.7 Å². The number of aliphatic hydroxyl groups excluding tert-OH is 1. The zero-order chi connectivity index (χ0) is 13.1. The van der Waals surface area contributed by atoms with Gasteiger partial charge < -0.3 is 14.9 Å². The van der Waals surface area contributed by atoms with E-state index >= 15 is 0 Å². The summed E-state index contributed by atoms with van der Waals surface area (Å²) in [6.45, 7) is -0.545. The Bertz CT molecular complexity index is 613. The first-order chi connectivity index (χ1) is 8.42. The molecule has 1 saturated carbocycles. The topological polar surface area (TPSA) is 105 Å². The first-order valence-electron chi connectivity index (χ1n) is 5.41. The van der Waals surface area contributed by atoms with Crippen LogP contribution in [0, 0.1) is 0 Å². The number of alkyl halides is 1. The van der Waals surface area contributed by atoms with Crippen molar-refractivity contribution in [1.82, 2.24) is 9.55 Å². The number of H-pyrrole nitrogens is 1. The number of ether oxygens (including phenoxy) is 1. The Kier molecular flexibility index (Phi) is 2.11. The molecule has 1 aliphatic carbocycles. The molecular weight excluding hydrogens is 247 g/mol. The van der Waals surface area contributed by atoms with Crippen molar-refractivity contribution in [1.29, 1.82) is 0 Å². The Hall–Kier alpha value is -1.51. The highest BCUT2D eigenvalue weighted by Crippen LogP contribution is 2.65. The van der Waals surface area contributed by atoms with E-state index < -0.39 is 41.5 Å². The van der Waals surface area contributed by atoms with Crippen LogP contribution in [0.3, 0.4) is 0 Å². The van der Waals surface area contributed by atoms with Gasteiger partial charge in [-0.1, -0.05) is 0 Å². The highest BCUT2D eigenvalue weighted by atomic mass is 19.1. The van der Waals surface area contributed by atoms with Gasteiger partial charge in [-0.05, 0) is 0 Å². The van der Waals surface area contributed by atoms with Crippen LogP contribution >= 0.6 is 0 Å². The Morgan fingerprint density at radius 2 is 2.33 bits per heavy atom. The molecule has 3 rings (SSSR count). The quantitative estimate of drug-likeness (QED) is 0.584. The number of halogens is 1. The van der Waals surface area contributed by atoms with Gasteiger partial charge in [0.2, 0.25) is 0 Å². The Morgan fingerprint density at radius 3 is 2.89 bits per heavy atom. The maximum Gasteiger partial charge on any atom is 0.330 e. The minimum absolute atomic E-state index is 0.207. The lowest BCUT2D eigenvalue weighted by atomic mass is 10.1. The molecule has 2 fully saturated rings. The van der Waals surface area contributed by atoms with Crippen LogP contribution in [0.15, 0.2) is 21.9 Å². The molecule has 0 radical (unpaired) electrons. The minimum Gasteiger partial charge on any atom is -0.394 e. The molecule has 0 aromatic carbocycles. The second-order valence-corrected chi connectivity index (χ2v) is 4.64. The van der Waals surface area contributed by atoms with E-state index in [2.05, 4.69) is 0 Å². The van der Waals surface area contributed by atoms with Crippen LogP contribution in [0.25, 0.3) is 0 Å². The summed E-state index contributed by atoms with van der Waals surface area (Å²) in [5.74, 6) is 0. The maximum atomic E-state index is 14.4. The number of rotatable bonds is 2. The van der Waals surface area contributed by atoms with Crippen molar-refractivity contribution in [2.24, 2.45) is 0 Å². The van der Waals surface area contributed by atoms with Crippen LogP contribution < -0.4 is 11.2 Å². The average molecular weight is 258 g/mol. The van der Waals surface area contributed by atoms with Crippen molar-refractivity contribution < 1.29 is 19.3 Å². The van der Waals surface area contributed by atoms with E-state index in [0.717, 1.165) is 16.8 Å². The Balaban J connectivity index is 2.04. The summed E-state index contributed by atoms with van der Waals surface area (Å²) >= 11 is 0. The summed E-state index contributed by atoms with van der Waals surface area (Å²) in [6, 6.07) is 1.06. The van der Waals surface area contributed by atoms with Gasteiger partial charge in [0.05, 0.1) is 6.61 Å². The lowest BCUT2D eigenvalue weighted by Crippen LogP contribution is -2.36. The maximum absolute atomic E-state index is 14.4. The summed E-state index contributed by atoms with van der Waals surface area (Å²) in [5, 5.41) is 18.9. The molecule has 3 N–H and O–H groups in total. The molecule has 7 nitrogen and oxygen atoms in total. The monoisotopic (exact) mass is 258 g/mol. The summed E-state index contributed by atoms with van der Waals surface area (Å²) < 4.78 is 20.4. The standard InChI is InChI=1S/C10H11FN2O5/c11-9-4-10(9,17)5(3-14)18-7(9)13-2-1-6(15)12-8(13)16/h1-2,5,7,14,17H,3-4H2,(H,12,15,16)/t5-,7?,9+,10?/m1/s1. The van der Waals surface area contributed by atoms with E-state index in [9.17, 15) is 19.1 Å². The number of hydrogen-bond donors (Lipinski definition) is 3. The molecule has 8 heteroatoms. The minimum atomic E-state index is -2.11. The summed E-state index contributed by atoms with van der Waals surface area (Å²) in [6.07, 6.45) is -1.53. The average Bonchev–Trinajstić information content (AvgIpc) is 2.79. The Labute approximate surface area is 99.4 Å². The number of aromatic amines is 1. The van der Waals surface area contributed by atoms with E-state index in [1.54, 1.807) is 0 Å². The summed E-state index contributed by atoms with van der Waals surface area (Å²) in [5.41, 5.74) is -5.30. The van der Waals surface area contributed by atoms with Crippen molar-refractivity contribution in [3.05, 3.63) is 33.1 Å². The molecule has 2 unspecified atom stereocenters. The van der Waals surface area contributed by atoms with Gasteiger partial charge in [-0.3, -0.25) is 14.3 Å². The molecule has 0 amide bonds. The number of nitrogens with one attached hydrogen (secondary N) is 1. The zero-order valence-electron chi connectivity index (χ0n) is 9.17. The van der Waals surface area contributed by atoms with Crippen molar-refractivity contribution in [2.75, 3.05) is 6.61 Å². The lowest BCUT2D eigenvalue weighted by molar-refractivity contribution is -0.0884. The third-order valence-corrected chi connectivity index (χ3v) is 3.61. The molecule has 1 saturated heterocycles. The normalized spacial score (nSPS) is 41.7. The summed E-state index contributed by atoms with van der Waals surface area (Å²) in [4.78, 5) is 24.4. The van der Waals surface area contributed by atoms with E-state index in [1.807, 2.05) is 4.98 Å². The van der Waals surface area contributed by atoms with Crippen molar-refractivity contribution in [2.45, 2.75) is 30.0 Å². The van der Waals surface area contributed by atoms with Crippen molar-refractivity contribution in [3.63, 3.8) is 0 Å². The predicted molar refractivity (Wildman–Crippen MR) is 55.7 cm³/mol. The first kappa shape index (κ1) is 11.6. The SMILES string of the molecule is O=c1ccn(C2O[C@H](CO)C3(O)C[C@]23F)c(=O)[nH]1. The van der Waals surface area contributed by atoms with E-state index in [-0.39, 0.29) is 6.42 Å². The molecule has 1 aromatic rings. The molecule has 18 heavy (non-hydrogen) atoms. The fraction of sp³-hybridized carbons (Fsp3) is 0.600. The largest absolute Gasteiger partial charge is 0.394 e. The van der Waals surface area contributed by atoms with Gasteiger partial charge in [0, 0.05) is 18.7 Å². The molecule has 2 aliphatic rings. The van der Waals surface area contributed by atoms with Crippen molar-refractivity contribution in [3.8, 4) is 0 Å². The van der Waals surface area contributed by atoms with Crippen LogP contribution in [-0.2, 0) is 4.74 Å². The molecule has 0 bridgehead atoms. The van der Waals surface area contributed by atoms with Crippen LogP contribution in [0.4, 0.5) is 4.39 Å². The highest BCUT2D eigenvalue weighted by molar-refractivity contribution is 5.28. The van der Waals surface area contributed by atoms with Gasteiger partial charge in [0.1, 0.15) is 11.7 Å². The Morgan fingerprint density at radius 1 is 1.61 bits per heavy atom. The van der Waals surface area contributed by atoms with Gasteiger partial charge in [0.15, 0.2) is 11.9 Å². The van der Waals surface area contributed by atoms with Gasteiger partial charge in [0.25, 0.3) is 5.56 Å². The van der Waals surface area contributed by atoms with Gasteiger partial charge in [-0.15, -0.1) is 0 Å².